The summed E-state index contributed by atoms with van der Waals surface area (Å²) in [6, 6.07) is 2.50. The number of furan rings is 1. The maximum Gasteiger partial charge on any atom is 0.126 e. The number of rotatable bonds is 5. The standard InChI is InChI=1S/C14H20ClN3O/c1-9(2)16-6-14-10(3)5-12(19-14)7-18-8-13(15)11(4)17-18/h5,8-9,16H,6-7H2,1-4H3. The van der Waals surface area contributed by atoms with Crippen molar-refractivity contribution in [2.45, 2.75) is 46.8 Å². The summed E-state index contributed by atoms with van der Waals surface area (Å²) in [7, 11) is 0. The van der Waals surface area contributed by atoms with Crippen LogP contribution in [-0.4, -0.2) is 15.8 Å². The maximum atomic E-state index is 5.99. The molecule has 0 fully saturated rings. The molecule has 0 amide bonds. The second-order valence-corrected chi connectivity index (χ2v) is 5.52. The van der Waals surface area contributed by atoms with Gasteiger partial charge in [-0.3, -0.25) is 4.68 Å². The second kappa shape index (κ2) is 5.80. The Kier molecular flexibility index (Phi) is 4.32. The van der Waals surface area contributed by atoms with Crippen LogP contribution in [0.25, 0.3) is 0 Å². The fourth-order valence-electron chi connectivity index (χ4n) is 1.87. The van der Waals surface area contributed by atoms with Crippen LogP contribution in [0.3, 0.4) is 0 Å². The number of nitrogens with one attached hydrogen (secondary N) is 1. The molecule has 0 radical (unpaired) electrons. The third-order valence-corrected chi connectivity index (χ3v) is 3.32. The van der Waals surface area contributed by atoms with Crippen molar-refractivity contribution in [1.82, 2.24) is 15.1 Å². The Hall–Kier alpha value is -1.26. The van der Waals surface area contributed by atoms with E-state index in [-0.39, 0.29) is 0 Å². The molecule has 4 nitrogen and oxygen atoms in total. The van der Waals surface area contributed by atoms with Crippen molar-refractivity contribution in [3.8, 4) is 0 Å². The summed E-state index contributed by atoms with van der Waals surface area (Å²) < 4.78 is 7.65. The monoisotopic (exact) mass is 281 g/mol. The first kappa shape index (κ1) is 14.2. The zero-order valence-electron chi connectivity index (χ0n) is 11.8. The van der Waals surface area contributed by atoms with E-state index >= 15 is 0 Å². The van der Waals surface area contributed by atoms with Gasteiger partial charge in [-0.25, -0.2) is 0 Å². The summed E-state index contributed by atoms with van der Waals surface area (Å²) in [5, 5.41) is 8.37. The minimum atomic E-state index is 0.445. The van der Waals surface area contributed by atoms with Crippen LogP contribution in [0.1, 0.15) is 36.6 Å². The minimum Gasteiger partial charge on any atom is -0.462 e. The molecule has 2 aromatic rings. The van der Waals surface area contributed by atoms with Crippen LogP contribution in [0.4, 0.5) is 0 Å². The molecule has 0 aliphatic rings. The Morgan fingerprint density at radius 1 is 1.42 bits per heavy atom. The quantitative estimate of drug-likeness (QED) is 0.914. The Balaban J connectivity index is 2.07. The third-order valence-electron chi connectivity index (χ3n) is 2.95. The fourth-order valence-corrected chi connectivity index (χ4v) is 2.03. The molecule has 104 valence electrons. The zero-order valence-corrected chi connectivity index (χ0v) is 12.6. The second-order valence-electron chi connectivity index (χ2n) is 5.11. The van der Waals surface area contributed by atoms with E-state index in [1.165, 1.54) is 0 Å². The smallest absolute Gasteiger partial charge is 0.126 e. The van der Waals surface area contributed by atoms with E-state index in [1.807, 2.05) is 13.1 Å². The van der Waals surface area contributed by atoms with Gasteiger partial charge in [0.2, 0.25) is 0 Å². The van der Waals surface area contributed by atoms with Gasteiger partial charge in [-0.1, -0.05) is 25.4 Å². The summed E-state index contributed by atoms with van der Waals surface area (Å²) in [5.74, 6) is 1.89. The Morgan fingerprint density at radius 3 is 2.74 bits per heavy atom. The van der Waals surface area contributed by atoms with Crippen molar-refractivity contribution in [3.05, 3.63) is 40.1 Å². The van der Waals surface area contributed by atoms with Gasteiger partial charge >= 0.3 is 0 Å². The van der Waals surface area contributed by atoms with Crippen molar-refractivity contribution in [1.29, 1.82) is 0 Å². The molecular formula is C14H20ClN3O. The van der Waals surface area contributed by atoms with Crippen molar-refractivity contribution < 1.29 is 4.42 Å². The summed E-state index contributed by atoms with van der Waals surface area (Å²) in [6.45, 7) is 9.55. The minimum absolute atomic E-state index is 0.445. The highest BCUT2D eigenvalue weighted by Gasteiger charge is 2.10. The van der Waals surface area contributed by atoms with Gasteiger partial charge in [0.25, 0.3) is 0 Å². The van der Waals surface area contributed by atoms with Crippen molar-refractivity contribution >= 4 is 11.6 Å². The van der Waals surface area contributed by atoms with Gasteiger partial charge in [0, 0.05) is 12.2 Å². The molecule has 2 heterocycles. The predicted molar refractivity (Wildman–Crippen MR) is 76.5 cm³/mol. The van der Waals surface area contributed by atoms with Crippen LogP contribution < -0.4 is 5.32 Å². The van der Waals surface area contributed by atoms with Gasteiger partial charge < -0.3 is 9.73 Å². The molecule has 0 spiro atoms. The summed E-state index contributed by atoms with van der Waals surface area (Å²) in [4.78, 5) is 0. The highest BCUT2D eigenvalue weighted by Crippen LogP contribution is 2.18. The lowest BCUT2D eigenvalue weighted by atomic mass is 10.2. The van der Waals surface area contributed by atoms with Crippen molar-refractivity contribution in [2.24, 2.45) is 0 Å². The molecule has 0 aliphatic carbocycles. The van der Waals surface area contributed by atoms with Crippen LogP contribution in [0.5, 0.6) is 0 Å². The van der Waals surface area contributed by atoms with Crippen LogP contribution in [0, 0.1) is 13.8 Å². The molecule has 0 saturated heterocycles. The summed E-state index contributed by atoms with van der Waals surface area (Å²) in [5.41, 5.74) is 2.00. The van der Waals surface area contributed by atoms with Gasteiger partial charge in [-0.15, -0.1) is 0 Å². The number of hydrogen-bond acceptors (Lipinski definition) is 3. The molecule has 0 saturated carbocycles. The van der Waals surface area contributed by atoms with E-state index < -0.39 is 0 Å². The van der Waals surface area contributed by atoms with E-state index in [0.717, 1.165) is 29.3 Å². The molecule has 1 N–H and O–H groups in total. The SMILES string of the molecule is Cc1cc(Cn2cc(Cl)c(C)n2)oc1CNC(C)C. The molecule has 19 heavy (non-hydrogen) atoms. The first-order valence-electron chi connectivity index (χ1n) is 6.47. The number of nitrogens with zero attached hydrogens (tertiary/aromatic N) is 2. The normalized spacial score (nSPS) is 11.5. The fraction of sp³-hybridized carbons (Fsp3) is 0.500. The van der Waals surface area contributed by atoms with E-state index in [2.05, 4.69) is 37.3 Å². The van der Waals surface area contributed by atoms with Crippen molar-refractivity contribution in [3.63, 3.8) is 0 Å². The summed E-state index contributed by atoms with van der Waals surface area (Å²) >= 11 is 5.99. The van der Waals surface area contributed by atoms with Gasteiger partial charge in [-0.2, -0.15) is 5.10 Å². The van der Waals surface area contributed by atoms with Crippen LogP contribution in [0.15, 0.2) is 16.7 Å². The Morgan fingerprint density at radius 2 is 2.16 bits per heavy atom. The highest BCUT2D eigenvalue weighted by atomic mass is 35.5. The molecule has 0 atom stereocenters. The van der Waals surface area contributed by atoms with E-state index in [4.69, 9.17) is 16.0 Å². The van der Waals surface area contributed by atoms with E-state index in [0.29, 0.717) is 17.6 Å². The Bertz CT molecular complexity index is 538. The van der Waals surface area contributed by atoms with Crippen LogP contribution in [0.2, 0.25) is 5.02 Å². The average Bonchev–Trinajstić information content (AvgIpc) is 2.80. The lowest BCUT2D eigenvalue weighted by Crippen LogP contribution is -2.21. The van der Waals surface area contributed by atoms with Crippen molar-refractivity contribution in [2.75, 3.05) is 0 Å². The molecule has 0 bridgehead atoms. The molecule has 2 rings (SSSR count). The first-order valence-corrected chi connectivity index (χ1v) is 6.84. The molecule has 5 heteroatoms. The van der Waals surface area contributed by atoms with E-state index in [9.17, 15) is 0 Å². The zero-order chi connectivity index (χ0) is 14.0. The lowest BCUT2D eigenvalue weighted by Gasteiger charge is -2.06. The van der Waals surface area contributed by atoms with Gasteiger partial charge in [0.15, 0.2) is 0 Å². The Labute approximate surface area is 118 Å². The van der Waals surface area contributed by atoms with Crippen LogP contribution in [-0.2, 0) is 13.1 Å². The number of hydrogen-bond donors (Lipinski definition) is 1. The summed E-state index contributed by atoms with van der Waals surface area (Å²) in [6.07, 6.45) is 1.82. The maximum absolute atomic E-state index is 5.99. The molecule has 0 unspecified atom stereocenters. The third kappa shape index (κ3) is 3.61. The number of aryl methyl sites for hydroxylation is 2. The molecule has 0 aromatic carbocycles. The van der Waals surface area contributed by atoms with Gasteiger partial charge in [0.1, 0.15) is 11.5 Å². The number of aromatic nitrogens is 2. The predicted octanol–water partition coefficient (Wildman–Crippen LogP) is 3.29. The molecular weight excluding hydrogens is 262 g/mol. The van der Waals surface area contributed by atoms with Gasteiger partial charge in [0.05, 0.1) is 23.8 Å². The first-order chi connectivity index (χ1) is 8.95. The van der Waals surface area contributed by atoms with Crippen LogP contribution >= 0.6 is 11.6 Å². The molecule has 0 aliphatic heterocycles. The number of halogens is 1. The van der Waals surface area contributed by atoms with Gasteiger partial charge in [-0.05, 0) is 25.5 Å². The highest BCUT2D eigenvalue weighted by molar-refractivity contribution is 6.31. The van der Waals surface area contributed by atoms with E-state index in [1.54, 1.807) is 4.68 Å². The largest absolute Gasteiger partial charge is 0.462 e. The molecule has 2 aromatic heterocycles. The average molecular weight is 282 g/mol. The topological polar surface area (TPSA) is 43.0 Å². The lowest BCUT2D eigenvalue weighted by molar-refractivity contribution is 0.419.